The van der Waals surface area contributed by atoms with Crippen LogP contribution in [0.1, 0.15) is 24.0 Å². The van der Waals surface area contributed by atoms with Crippen LogP contribution in [0.2, 0.25) is 0 Å². The Labute approximate surface area is 140 Å². The first-order valence-electron chi connectivity index (χ1n) is 8.17. The molecule has 3 nitrogen and oxygen atoms in total. The first kappa shape index (κ1) is 16.6. The molecule has 1 fully saturated rings. The maximum Gasteiger partial charge on any atom is 0.279 e. The van der Waals surface area contributed by atoms with Gasteiger partial charge in [-0.2, -0.15) is 0 Å². The van der Waals surface area contributed by atoms with Gasteiger partial charge in [0.25, 0.3) is 5.91 Å². The summed E-state index contributed by atoms with van der Waals surface area (Å²) in [5.74, 6) is -0.765. The van der Waals surface area contributed by atoms with Crippen molar-refractivity contribution in [2.24, 2.45) is 0 Å². The number of nitrogens with one attached hydrogen (secondary N) is 2. The molecule has 1 unspecified atom stereocenters. The fourth-order valence-corrected chi connectivity index (χ4v) is 2.81. The van der Waals surface area contributed by atoms with Crippen LogP contribution in [0, 0.1) is 18.6 Å². The second kappa shape index (κ2) is 7.09. The average molecular weight is 331 g/mol. The lowest BCUT2D eigenvalue weighted by molar-refractivity contribution is -0.917. The molecule has 1 amide bonds. The Kier molecular flexibility index (Phi) is 4.90. The van der Waals surface area contributed by atoms with Gasteiger partial charge in [-0.25, -0.2) is 8.78 Å². The number of anilines is 1. The lowest BCUT2D eigenvalue weighted by Crippen LogP contribution is -3.13. The zero-order valence-corrected chi connectivity index (χ0v) is 13.6. The first-order chi connectivity index (χ1) is 11.5. The van der Waals surface area contributed by atoms with E-state index in [1.165, 1.54) is 12.1 Å². The zero-order valence-electron chi connectivity index (χ0n) is 13.6. The van der Waals surface area contributed by atoms with E-state index in [-0.39, 0.29) is 24.1 Å². The number of hydrogen-bond donors (Lipinski definition) is 2. The van der Waals surface area contributed by atoms with E-state index < -0.39 is 0 Å². The van der Waals surface area contributed by atoms with Gasteiger partial charge < -0.3 is 10.2 Å². The van der Waals surface area contributed by atoms with E-state index in [1.807, 2.05) is 0 Å². The highest BCUT2D eigenvalue weighted by molar-refractivity contribution is 5.91. The minimum atomic E-state index is -0.342. The molecular weight excluding hydrogens is 310 g/mol. The van der Waals surface area contributed by atoms with Crippen LogP contribution >= 0.6 is 0 Å². The lowest BCUT2D eigenvalue weighted by atomic mass is 10.2. The molecule has 0 aliphatic heterocycles. The van der Waals surface area contributed by atoms with E-state index in [1.54, 1.807) is 37.3 Å². The number of benzene rings is 2. The lowest BCUT2D eigenvalue weighted by Gasteiger charge is -2.19. The van der Waals surface area contributed by atoms with Crippen LogP contribution < -0.4 is 10.2 Å². The van der Waals surface area contributed by atoms with Gasteiger partial charge in [0.1, 0.15) is 18.2 Å². The second-order valence-electron chi connectivity index (χ2n) is 6.39. The Morgan fingerprint density at radius 2 is 1.92 bits per heavy atom. The molecular formula is C19H21F2N2O+. The summed E-state index contributed by atoms with van der Waals surface area (Å²) in [7, 11) is 0. The van der Waals surface area contributed by atoms with Crippen LogP contribution in [0.3, 0.4) is 0 Å². The van der Waals surface area contributed by atoms with Gasteiger partial charge in [0, 0.05) is 24.1 Å². The van der Waals surface area contributed by atoms with Crippen LogP contribution in [-0.4, -0.2) is 18.5 Å². The summed E-state index contributed by atoms with van der Waals surface area (Å²) in [6.45, 7) is 2.40. The summed E-state index contributed by atoms with van der Waals surface area (Å²) in [6.07, 6.45) is 2.10. The third kappa shape index (κ3) is 4.17. The third-order valence-corrected chi connectivity index (χ3v) is 4.37. The van der Waals surface area contributed by atoms with Gasteiger partial charge in [0.2, 0.25) is 0 Å². The number of rotatable bonds is 6. The maximum absolute atomic E-state index is 13.8. The predicted molar refractivity (Wildman–Crippen MR) is 88.7 cm³/mol. The highest BCUT2D eigenvalue weighted by Crippen LogP contribution is 2.17. The summed E-state index contributed by atoms with van der Waals surface area (Å²) in [5, 5.41) is 2.73. The summed E-state index contributed by atoms with van der Waals surface area (Å²) < 4.78 is 27.4. The van der Waals surface area contributed by atoms with Gasteiger partial charge in [0.15, 0.2) is 6.54 Å². The maximum atomic E-state index is 13.8. The van der Waals surface area contributed by atoms with Gasteiger partial charge in [-0.3, -0.25) is 4.79 Å². The summed E-state index contributed by atoms with van der Waals surface area (Å²) in [5.41, 5.74) is 1.61. The highest BCUT2D eigenvalue weighted by Gasteiger charge is 2.35. The van der Waals surface area contributed by atoms with Crippen molar-refractivity contribution in [3.8, 4) is 0 Å². The smallest absolute Gasteiger partial charge is 0.279 e. The molecule has 24 heavy (non-hydrogen) atoms. The minimum Gasteiger partial charge on any atom is -0.321 e. The zero-order chi connectivity index (χ0) is 17.1. The van der Waals surface area contributed by atoms with E-state index in [4.69, 9.17) is 0 Å². The fraction of sp³-hybridized carbons (Fsp3) is 0.316. The van der Waals surface area contributed by atoms with Crippen molar-refractivity contribution >= 4 is 11.6 Å². The van der Waals surface area contributed by atoms with Crippen LogP contribution in [-0.2, 0) is 11.3 Å². The van der Waals surface area contributed by atoms with Crippen molar-refractivity contribution in [3.63, 3.8) is 0 Å². The topological polar surface area (TPSA) is 33.5 Å². The van der Waals surface area contributed by atoms with E-state index >= 15 is 0 Å². The van der Waals surface area contributed by atoms with Crippen molar-refractivity contribution in [1.82, 2.24) is 0 Å². The van der Waals surface area contributed by atoms with E-state index in [9.17, 15) is 13.6 Å². The molecule has 2 aromatic rings. The Morgan fingerprint density at radius 1 is 1.17 bits per heavy atom. The number of carbonyl (C=O) groups excluding carboxylic acids is 1. The standard InChI is InChI=1S/C19H20F2N2O/c1-13-6-7-15(10-18(13)21)22-19(24)12-23(16-8-9-16)11-14-4-2-3-5-17(14)20/h2-7,10,16H,8-9,11-12H2,1H3,(H,22,24)/p+1. The number of aryl methyl sites for hydroxylation is 1. The molecule has 0 saturated heterocycles. The summed E-state index contributed by atoms with van der Waals surface area (Å²) in [6, 6.07) is 11.7. The molecule has 0 radical (unpaired) electrons. The minimum absolute atomic E-state index is 0.184. The molecule has 1 aliphatic carbocycles. The average Bonchev–Trinajstić information content (AvgIpc) is 3.37. The molecule has 5 heteroatoms. The van der Waals surface area contributed by atoms with E-state index in [2.05, 4.69) is 5.32 Å². The molecule has 0 bridgehead atoms. The molecule has 2 aromatic carbocycles. The molecule has 2 N–H and O–H groups in total. The number of amides is 1. The Balaban J connectivity index is 1.64. The molecule has 0 spiro atoms. The van der Waals surface area contributed by atoms with Crippen molar-refractivity contribution in [2.75, 3.05) is 11.9 Å². The fourth-order valence-electron chi connectivity index (χ4n) is 2.81. The molecule has 3 rings (SSSR count). The normalized spacial score (nSPS) is 15.1. The Morgan fingerprint density at radius 3 is 2.58 bits per heavy atom. The van der Waals surface area contributed by atoms with Gasteiger partial charge in [0.05, 0.1) is 6.04 Å². The van der Waals surface area contributed by atoms with Crippen molar-refractivity contribution < 1.29 is 18.5 Å². The van der Waals surface area contributed by atoms with Crippen molar-refractivity contribution in [2.45, 2.75) is 32.4 Å². The first-order valence-corrected chi connectivity index (χ1v) is 8.17. The van der Waals surface area contributed by atoms with Gasteiger partial charge >= 0.3 is 0 Å². The third-order valence-electron chi connectivity index (χ3n) is 4.37. The van der Waals surface area contributed by atoms with Crippen LogP contribution in [0.5, 0.6) is 0 Å². The Bertz CT molecular complexity index is 744. The van der Waals surface area contributed by atoms with E-state index in [0.29, 0.717) is 29.4 Å². The number of carbonyl (C=O) groups is 1. The van der Waals surface area contributed by atoms with Crippen LogP contribution in [0.15, 0.2) is 42.5 Å². The number of quaternary nitrogens is 1. The molecule has 126 valence electrons. The van der Waals surface area contributed by atoms with E-state index in [0.717, 1.165) is 17.7 Å². The van der Waals surface area contributed by atoms with Crippen LogP contribution in [0.25, 0.3) is 0 Å². The van der Waals surface area contributed by atoms with Gasteiger partial charge in [-0.05, 0) is 30.7 Å². The van der Waals surface area contributed by atoms with Crippen molar-refractivity contribution in [3.05, 3.63) is 65.2 Å². The predicted octanol–water partition coefficient (Wildman–Crippen LogP) is 2.46. The summed E-state index contributed by atoms with van der Waals surface area (Å²) in [4.78, 5) is 13.3. The number of halogens is 2. The van der Waals surface area contributed by atoms with Crippen LogP contribution in [0.4, 0.5) is 14.5 Å². The SMILES string of the molecule is Cc1ccc(NC(=O)C[NH+](Cc2ccccc2F)C2CC2)cc1F. The number of hydrogen-bond acceptors (Lipinski definition) is 1. The monoisotopic (exact) mass is 331 g/mol. The highest BCUT2D eigenvalue weighted by atomic mass is 19.1. The molecule has 0 aromatic heterocycles. The molecule has 1 saturated carbocycles. The van der Waals surface area contributed by atoms with Gasteiger partial charge in [-0.15, -0.1) is 0 Å². The summed E-state index contributed by atoms with van der Waals surface area (Å²) >= 11 is 0. The molecule has 0 heterocycles. The Hall–Kier alpha value is -2.27. The van der Waals surface area contributed by atoms with Gasteiger partial charge in [-0.1, -0.05) is 24.3 Å². The quantitative estimate of drug-likeness (QED) is 0.838. The molecule has 1 atom stereocenters. The second-order valence-corrected chi connectivity index (χ2v) is 6.39. The largest absolute Gasteiger partial charge is 0.321 e. The molecule has 1 aliphatic rings. The van der Waals surface area contributed by atoms with Crippen molar-refractivity contribution in [1.29, 1.82) is 0 Å².